The van der Waals surface area contributed by atoms with Crippen molar-refractivity contribution in [3.63, 3.8) is 0 Å². The van der Waals surface area contributed by atoms with Gasteiger partial charge in [-0.15, -0.1) is 0 Å². The maximum atomic E-state index is 10.2. The summed E-state index contributed by atoms with van der Waals surface area (Å²) in [5, 5.41) is 40.4. The number of ether oxygens (including phenoxy) is 1. The Bertz CT molecular complexity index is 713. The van der Waals surface area contributed by atoms with Crippen LogP contribution in [0.4, 0.5) is 0 Å². The van der Waals surface area contributed by atoms with Gasteiger partial charge in [0.1, 0.15) is 0 Å². The van der Waals surface area contributed by atoms with E-state index in [0.717, 1.165) is 30.4 Å². The summed E-state index contributed by atoms with van der Waals surface area (Å²) in [6.45, 7) is 0. The van der Waals surface area contributed by atoms with Gasteiger partial charge in [0.25, 0.3) is 0 Å². The van der Waals surface area contributed by atoms with E-state index < -0.39 is 12.2 Å². The maximum Gasteiger partial charge on any atom is 0.169 e. The number of aryl methyl sites for hydroxylation is 1. The van der Waals surface area contributed by atoms with Crippen molar-refractivity contribution in [2.24, 2.45) is 0 Å². The lowest BCUT2D eigenvalue weighted by Crippen LogP contribution is -2.27. The smallest absolute Gasteiger partial charge is 0.169 e. The summed E-state index contributed by atoms with van der Waals surface area (Å²) in [6.07, 6.45) is 1.55. The molecule has 0 aromatic heterocycles. The molecule has 0 fully saturated rings. The van der Waals surface area contributed by atoms with Crippen molar-refractivity contribution < 1.29 is 25.2 Å². The largest absolute Gasteiger partial charge is 0.504 e. The standard InChI is InChI=1S/C19H22O5/c20-14-4-2-1-3-12-6-8-18(17(23)9-12)24-19-11-13(10-16(14)22)5-7-15(19)21/h5-9,11,14,16,20-23H,1-4,10H2/t14-,16+/m1/s1. The molecule has 0 saturated carbocycles. The highest BCUT2D eigenvalue weighted by Gasteiger charge is 2.18. The third kappa shape index (κ3) is 3.80. The molecule has 5 nitrogen and oxygen atoms in total. The van der Waals surface area contributed by atoms with Crippen LogP contribution in [-0.2, 0) is 12.8 Å². The minimum Gasteiger partial charge on any atom is -0.504 e. The zero-order valence-corrected chi connectivity index (χ0v) is 13.4. The Labute approximate surface area is 140 Å². The first-order valence-corrected chi connectivity index (χ1v) is 8.20. The summed E-state index contributed by atoms with van der Waals surface area (Å²) in [6, 6.07) is 9.98. The summed E-state index contributed by atoms with van der Waals surface area (Å²) in [7, 11) is 0. The molecule has 0 aliphatic carbocycles. The molecule has 2 aliphatic rings. The number of aromatic hydroxyl groups is 2. The van der Waals surface area contributed by atoms with Crippen molar-refractivity contribution in [2.75, 3.05) is 0 Å². The highest BCUT2D eigenvalue weighted by atomic mass is 16.5. The van der Waals surface area contributed by atoms with Crippen LogP contribution in [0.2, 0.25) is 0 Å². The molecule has 2 aromatic carbocycles. The Hall–Kier alpha value is -2.24. The maximum absolute atomic E-state index is 10.2. The van der Waals surface area contributed by atoms with Crippen LogP contribution in [-0.4, -0.2) is 32.6 Å². The van der Waals surface area contributed by atoms with E-state index in [1.54, 1.807) is 24.3 Å². The highest BCUT2D eigenvalue weighted by molar-refractivity contribution is 5.49. The van der Waals surface area contributed by atoms with Gasteiger partial charge >= 0.3 is 0 Å². The minimum atomic E-state index is -0.866. The molecule has 0 amide bonds. The summed E-state index contributed by atoms with van der Waals surface area (Å²) in [5.41, 5.74) is 1.71. The predicted octanol–water partition coefficient (Wildman–Crippen LogP) is 2.88. The Kier molecular flexibility index (Phi) is 4.92. The van der Waals surface area contributed by atoms with Crippen molar-refractivity contribution in [3.8, 4) is 23.0 Å². The first kappa shape index (κ1) is 16.6. The third-order valence-corrected chi connectivity index (χ3v) is 4.37. The predicted molar refractivity (Wildman–Crippen MR) is 89.6 cm³/mol. The van der Waals surface area contributed by atoms with Crippen molar-refractivity contribution >= 4 is 0 Å². The lowest BCUT2D eigenvalue weighted by Gasteiger charge is -2.18. The average Bonchev–Trinajstić information content (AvgIpc) is 2.56. The summed E-state index contributed by atoms with van der Waals surface area (Å²) in [4.78, 5) is 0. The Balaban J connectivity index is 1.96. The van der Waals surface area contributed by atoms with Crippen LogP contribution in [0, 0.1) is 0 Å². The van der Waals surface area contributed by atoms with Crippen LogP contribution >= 0.6 is 0 Å². The number of benzene rings is 2. The quantitative estimate of drug-likeness (QED) is 0.596. The van der Waals surface area contributed by atoms with Gasteiger partial charge in [-0.05, 0) is 54.7 Å². The van der Waals surface area contributed by atoms with Gasteiger partial charge in [-0.3, -0.25) is 0 Å². The Morgan fingerprint density at radius 2 is 1.58 bits per heavy atom. The van der Waals surface area contributed by atoms with E-state index in [1.807, 2.05) is 6.07 Å². The van der Waals surface area contributed by atoms with Crippen molar-refractivity contribution in [1.29, 1.82) is 0 Å². The number of aliphatic hydroxyl groups is 2. The zero-order valence-electron chi connectivity index (χ0n) is 13.4. The van der Waals surface area contributed by atoms with Crippen molar-refractivity contribution in [3.05, 3.63) is 47.5 Å². The van der Waals surface area contributed by atoms with Crippen LogP contribution in [0.25, 0.3) is 0 Å². The molecule has 4 bridgehead atoms. The van der Waals surface area contributed by atoms with Crippen LogP contribution in [0.1, 0.15) is 30.4 Å². The van der Waals surface area contributed by atoms with E-state index in [0.29, 0.717) is 6.42 Å². The fourth-order valence-electron chi connectivity index (χ4n) is 2.94. The second-order valence-corrected chi connectivity index (χ2v) is 6.29. The molecule has 2 heterocycles. The average molecular weight is 330 g/mol. The fourth-order valence-corrected chi connectivity index (χ4v) is 2.94. The lowest BCUT2D eigenvalue weighted by atomic mass is 9.98. The van der Waals surface area contributed by atoms with Gasteiger partial charge in [0, 0.05) is 6.42 Å². The molecule has 4 rings (SSSR count). The van der Waals surface area contributed by atoms with Gasteiger partial charge in [-0.1, -0.05) is 18.6 Å². The number of aliphatic hydroxyl groups excluding tert-OH is 2. The topological polar surface area (TPSA) is 90.2 Å². The van der Waals surface area contributed by atoms with Gasteiger partial charge in [0.2, 0.25) is 0 Å². The van der Waals surface area contributed by atoms with Gasteiger partial charge in [-0.25, -0.2) is 0 Å². The lowest BCUT2D eigenvalue weighted by molar-refractivity contribution is 0.0138. The molecule has 2 aliphatic heterocycles. The van der Waals surface area contributed by atoms with Gasteiger partial charge in [0.15, 0.2) is 23.0 Å². The molecular weight excluding hydrogens is 308 g/mol. The number of rotatable bonds is 0. The minimum absolute atomic E-state index is 0.0206. The van der Waals surface area contributed by atoms with Crippen LogP contribution in [0.15, 0.2) is 36.4 Å². The molecule has 128 valence electrons. The number of hydrogen-bond donors (Lipinski definition) is 4. The van der Waals surface area contributed by atoms with E-state index in [1.165, 1.54) is 6.07 Å². The van der Waals surface area contributed by atoms with Gasteiger partial charge < -0.3 is 25.2 Å². The Morgan fingerprint density at radius 3 is 2.38 bits per heavy atom. The SMILES string of the molecule is Oc1cc2ccc1Oc1cc(ccc1O)C[C@H](O)[C@H](O)CCCC2. The summed E-state index contributed by atoms with van der Waals surface area (Å²) < 4.78 is 5.63. The van der Waals surface area contributed by atoms with Crippen LogP contribution in [0.3, 0.4) is 0 Å². The highest BCUT2D eigenvalue weighted by Crippen LogP contribution is 2.37. The van der Waals surface area contributed by atoms with Crippen LogP contribution in [0.5, 0.6) is 23.0 Å². The van der Waals surface area contributed by atoms with E-state index in [4.69, 9.17) is 4.74 Å². The molecule has 0 spiro atoms. The number of hydrogen-bond acceptors (Lipinski definition) is 5. The normalized spacial score (nSPS) is 21.6. The molecule has 2 aromatic rings. The first-order chi connectivity index (χ1) is 11.5. The summed E-state index contributed by atoms with van der Waals surface area (Å²) in [5.74, 6) is 0.433. The molecular formula is C19H22O5. The molecule has 0 radical (unpaired) electrons. The van der Waals surface area contributed by atoms with Crippen molar-refractivity contribution in [1.82, 2.24) is 0 Å². The molecule has 2 atom stereocenters. The molecule has 5 heteroatoms. The van der Waals surface area contributed by atoms with E-state index in [-0.39, 0.29) is 29.4 Å². The molecule has 4 N–H and O–H groups in total. The van der Waals surface area contributed by atoms with E-state index in [9.17, 15) is 20.4 Å². The van der Waals surface area contributed by atoms with E-state index >= 15 is 0 Å². The van der Waals surface area contributed by atoms with E-state index in [2.05, 4.69) is 0 Å². The molecule has 0 unspecified atom stereocenters. The molecule has 24 heavy (non-hydrogen) atoms. The summed E-state index contributed by atoms with van der Waals surface area (Å²) >= 11 is 0. The zero-order chi connectivity index (χ0) is 17.1. The van der Waals surface area contributed by atoms with Gasteiger partial charge in [-0.2, -0.15) is 0 Å². The third-order valence-electron chi connectivity index (χ3n) is 4.37. The monoisotopic (exact) mass is 330 g/mol. The number of phenols is 2. The second kappa shape index (κ2) is 7.11. The second-order valence-electron chi connectivity index (χ2n) is 6.29. The van der Waals surface area contributed by atoms with Crippen LogP contribution < -0.4 is 4.74 Å². The van der Waals surface area contributed by atoms with Gasteiger partial charge in [0.05, 0.1) is 12.2 Å². The Morgan fingerprint density at radius 1 is 0.792 bits per heavy atom. The molecule has 0 saturated heterocycles. The first-order valence-electron chi connectivity index (χ1n) is 8.20. The van der Waals surface area contributed by atoms with Crippen molar-refractivity contribution in [2.45, 2.75) is 44.3 Å². The number of fused-ring (bicyclic) bond motifs is 8. The fraction of sp³-hybridized carbons (Fsp3) is 0.368. The number of phenolic OH excluding ortho intramolecular Hbond substituents is 2.